The molecule has 1 aromatic rings. The number of alkyl halides is 6. The zero-order valence-corrected chi connectivity index (χ0v) is 16.4. The van der Waals surface area contributed by atoms with Gasteiger partial charge in [-0.15, -0.1) is 0 Å². The van der Waals surface area contributed by atoms with Crippen molar-refractivity contribution in [3.8, 4) is 0 Å². The van der Waals surface area contributed by atoms with Crippen LogP contribution in [0, 0.1) is 5.92 Å². The van der Waals surface area contributed by atoms with Crippen molar-refractivity contribution in [2.24, 2.45) is 5.92 Å². The standard InChI is InChI=1S/C18H21F6N3O3/c1-16(2,3)30-15(29)27-7-9(8-27)4-13(28)26-12-6-10(17(19,20)21)5-11(14(12)25)18(22,23)24/h5-6,9H,4,7-8,25H2,1-3H3,(H,26,28). The fraction of sp³-hybridized carbons (Fsp3) is 0.556. The van der Waals surface area contributed by atoms with E-state index in [1.54, 1.807) is 20.8 Å². The molecular formula is C18H21F6N3O3. The summed E-state index contributed by atoms with van der Waals surface area (Å²) in [4.78, 5) is 25.3. The Morgan fingerprint density at radius 1 is 1.10 bits per heavy atom. The van der Waals surface area contributed by atoms with E-state index >= 15 is 0 Å². The van der Waals surface area contributed by atoms with Crippen molar-refractivity contribution in [3.05, 3.63) is 23.3 Å². The van der Waals surface area contributed by atoms with Crippen LogP contribution in [-0.2, 0) is 21.9 Å². The maximum absolute atomic E-state index is 13.0. The maximum Gasteiger partial charge on any atom is 0.418 e. The molecule has 2 amide bonds. The molecule has 168 valence electrons. The smallest absolute Gasteiger partial charge is 0.418 e. The van der Waals surface area contributed by atoms with Gasteiger partial charge in [0.05, 0.1) is 22.5 Å². The topological polar surface area (TPSA) is 84.7 Å². The Morgan fingerprint density at radius 3 is 2.13 bits per heavy atom. The number of nitrogens with two attached hydrogens (primary N) is 1. The Morgan fingerprint density at radius 2 is 1.67 bits per heavy atom. The minimum Gasteiger partial charge on any atom is -0.444 e. The predicted octanol–water partition coefficient (Wildman–Crippen LogP) is 4.50. The molecule has 12 heteroatoms. The van der Waals surface area contributed by atoms with E-state index in [0.29, 0.717) is 6.07 Å². The van der Waals surface area contributed by atoms with Crippen LogP contribution in [-0.4, -0.2) is 35.6 Å². The molecule has 1 heterocycles. The highest BCUT2D eigenvalue weighted by molar-refractivity contribution is 5.95. The summed E-state index contributed by atoms with van der Waals surface area (Å²) in [6.07, 6.45) is -11.0. The van der Waals surface area contributed by atoms with Crippen molar-refractivity contribution in [3.63, 3.8) is 0 Å². The van der Waals surface area contributed by atoms with Crippen LogP contribution in [0.2, 0.25) is 0 Å². The number of nitrogens with one attached hydrogen (secondary N) is 1. The van der Waals surface area contributed by atoms with Crippen molar-refractivity contribution < 1.29 is 40.7 Å². The van der Waals surface area contributed by atoms with E-state index < -0.39 is 52.5 Å². The second-order valence-electron chi connectivity index (χ2n) is 7.98. The molecule has 0 aromatic heterocycles. The molecule has 0 spiro atoms. The van der Waals surface area contributed by atoms with Crippen molar-refractivity contribution in [1.29, 1.82) is 0 Å². The number of likely N-dealkylation sites (tertiary alicyclic amines) is 1. The van der Waals surface area contributed by atoms with Crippen LogP contribution < -0.4 is 11.1 Å². The largest absolute Gasteiger partial charge is 0.444 e. The van der Waals surface area contributed by atoms with Crippen LogP contribution in [0.25, 0.3) is 0 Å². The Labute approximate surface area is 168 Å². The van der Waals surface area contributed by atoms with E-state index in [0.717, 1.165) is 0 Å². The van der Waals surface area contributed by atoms with Crippen molar-refractivity contribution in [1.82, 2.24) is 4.90 Å². The third kappa shape index (κ3) is 5.92. The SMILES string of the molecule is CC(C)(C)OC(=O)N1CC(CC(=O)Nc2cc(C(F)(F)F)cc(C(F)(F)F)c2N)C1. The third-order valence-corrected chi connectivity index (χ3v) is 4.17. The van der Waals surface area contributed by atoms with Crippen molar-refractivity contribution >= 4 is 23.4 Å². The van der Waals surface area contributed by atoms with Crippen LogP contribution in [0.5, 0.6) is 0 Å². The minimum absolute atomic E-state index is 0.102. The fourth-order valence-corrected chi connectivity index (χ4v) is 2.79. The summed E-state index contributed by atoms with van der Waals surface area (Å²) in [5, 5.41) is 2.02. The molecule has 0 unspecified atom stereocenters. The molecule has 1 aliphatic heterocycles. The molecule has 1 aliphatic rings. The number of carbonyl (C=O) groups excluding carboxylic acids is 2. The summed E-state index contributed by atoms with van der Waals surface area (Å²) in [5.41, 5.74) is -0.393. The van der Waals surface area contributed by atoms with Crippen LogP contribution in [0.15, 0.2) is 12.1 Å². The lowest BCUT2D eigenvalue weighted by Gasteiger charge is -2.39. The number of carbonyl (C=O) groups is 2. The lowest BCUT2D eigenvalue weighted by molar-refractivity contribution is -0.142. The zero-order valence-electron chi connectivity index (χ0n) is 16.4. The average molecular weight is 441 g/mol. The van der Waals surface area contributed by atoms with E-state index in [2.05, 4.69) is 0 Å². The van der Waals surface area contributed by atoms with Gasteiger partial charge in [0.15, 0.2) is 0 Å². The molecule has 0 aliphatic carbocycles. The van der Waals surface area contributed by atoms with E-state index in [9.17, 15) is 35.9 Å². The minimum atomic E-state index is -5.13. The highest BCUT2D eigenvalue weighted by Crippen LogP contribution is 2.42. The molecule has 30 heavy (non-hydrogen) atoms. The number of hydrogen-bond acceptors (Lipinski definition) is 4. The van der Waals surface area contributed by atoms with Gasteiger partial charge in [-0.1, -0.05) is 0 Å². The number of rotatable bonds is 3. The van der Waals surface area contributed by atoms with Gasteiger partial charge in [-0.3, -0.25) is 4.79 Å². The molecular weight excluding hydrogens is 420 g/mol. The first-order chi connectivity index (χ1) is 13.5. The van der Waals surface area contributed by atoms with Crippen LogP contribution >= 0.6 is 0 Å². The number of ether oxygens (including phenoxy) is 1. The Bertz CT molecular complexity index is 824. The first kappa shape index (κ1) is 23.6. The summed E-state index contributed by atoms with van der Waals surface area (Å²) >= 11 is 0. The summed E-state index contributed by atoms with van der Waals surface area (Å²) in [7, 11) is 0. The molecule has 1 fully saturated rings. The van der Waals surface area contributed by atoms with Gasteiger partial charge in [0.1, 0.15) is 5.60 Å². The fourth-order valence-electron chi connectivity index (χ4n) is 2.79. The summed E-state index contributed by atoms with van der Waals surface area (Å²) < 4.78 is 83.1. The third-order valence-electron chi connectivity index (χ3n) is 4.17. The van der Waals surface area contributed by atoms with Gasteiger partial charge in [0.2, 0.25) is 5.91 Å². The number of hydrogen-bond donors (Lipinski definition) is 2. The van der Waals surface area contributed by atoms with Crippen molar-refractivity contribution in [2.75, 3.05) is 24.1 Å². The van der Waals surface area contributed by atoms with Gasteiger partial charge in [-0.2, -0.15) is 26.3 Å². The second-order valence-corrected chi connectivity index (χ2v) is 7.98. The second kappa shape index (κ2) is 7.88. The summed E-state index contributed by atoms with van der Waals surface area (Å²) in [6, 6.07) is 0.256. The quantitative estimate of drug-likeness (QED) is 0.534. The lowest BCUT2D eigenvalue weighted by Crippen LogP contribution is -2.52. The molecule has 6 nitrogen and oxygen atoms in total. The number of halogens is 6. The lowest BCUT2D eigenvalue weighted by atomic mass is 9.96. The Balaban J connectivity index is 2.06. The van der Waals surface area contributed by atoms with Crippen LogP contribution in [0.3, 0.4) is 0 Å². The summed E-state index contributed by atoms with van der Waals surface area (Å²) in [5.74, 6) is -1.13. The van der Waals surface area contributed by atoms with E-state index in [1.165, 1.54) is 4.90 Å². The zero-order chi connectivity index (χ0) is 23.1. The maximum atomic E-state index is 13.0. The van der Waals surface area contributed by atoms with Gasteiger partial charge >= 0.3 is 18.4 Å². The first-order valence-electron chi connectivity index (χ1n) is 8.83. The van der Waals surface area contributed by atoms with E-state index in [1.807, 2.05) is 5.32 Å². The Hall–Kier alpha value is -2.66. The normalized spacial score (nSPS) is 15.6. The van der Waals surface area contributed by atoms with E-state index in [4.69, 9.17) is 10.5 Å². The molecule has 0 radical (unpaired) electrons. The van der Waals surface area contributed by atoms with Gasteiger partial charge in [0.25, 0.3) is 0 Å². The number of benzene rings is 1. The van der Waals surface area contributed by atoms with Gasteiger partial charge in [0, 0.05) is 25.4 Å². The van der Waals surface area contributed by atoms with Gasteiger partial charge in [-0.05, 0) is 32.9 Å². The van der Waals surface area contributed by atoms with E-state index in [-0.39, 0.29) is 31.5 Å². The number of nitrogens with zero attached hydrogens (tertiary/aromatic N) is 1. The first-order valence-corrected chi connectivity index (χ1v) is 8.83. The number of amides is 2. The molecule has 1 aromatic carbocycles. The molecule has 0 saturated carbocycles. The highest BCUT2D eigenvalue weighted by Gasteiger charge is 2.40. The predicted molar refractivity (Wildman–Crippen MR) is 95.4 cm³/mol. The number of anilines is 2. The monoisotopic (exact) mass is 441 g/mol. The molecule has 0 atom stereocenters. The van der Waals surface area contributed by atoms with Gasteiger partial charge in [-0.25, -0.2) is 4.79 Å². The van der Waals surface area contributed by atoms with Crippen LogP contribution in [0.4, 0.5) is 42.5 Å². The van der Waals surface area contributed by atoms with Crippen LogP contribution in [0.1, 0.15) is 38.3 Å². The highest BCUT2D eigenvalue weighted by atomic mass is 19.4. The molecule has 3 N–H and O–H groups in total. The molecule has 2 rings (SSSR count). The Kier molecular flexibility index (Phi) is 6.20. The molecule has 0 bridgehead atoms. The number of nitrogen functional groups attached to an aromatic ring is 1. The van der Waals surface area contributed by atoms with Gasteiger partial charge < -0.3 is 20.7 Å². The average Bonchev–Trinajstić information content (AvgIpc) is 2.48. The van der Waals surface area contributed by atoms with Crippen molar-refractivity contribution in [2.45, 2.75) is 45.1 Å². The molecule has 1 saturated heterocycles. The summed E-state index contributed by atoms with van der Waals surface area (Å²) in [6.45, 7) is 5.40.